The topological polar surface area (TPSA) is 111 Å². The van der Waals surface area contributed by atoms with Crippen LogP contribution in [0.15, 0.2) is 23.4 Å². The van der Waals surface area contributed by atoms with Crippen molar-refractivity contribution in [1.29, 1.82) is 0 Å². The van der Waals surface area contributed by atoms with Gasteiger partial charge in [-0.25, -0.2) is 0 Å². The van der Waals surface area contributed by atoms with E-state index in [4.69, 9.17) is 15.7 Å². The summed E-state index contributed by atoms with van der Waals surface area (Å²) in [5.74, 6) is -3.26. The van der Waals surface area contributed by atoms with E-state index in [2.05, 4.69) is 5.16 Å². The molecule has 1 atom stereocenters. The molecule has 1 unspecified atom stereocenters. The summed E-state index contributed by atoms with van der Waals surface area (Å²) in [6.45, 7) is 0.548. The molecule has 0 aliphatic rings. The van der Waals surface area contributed by atoms with Gasteiger partial charge in [0, 0.05) is 12.1 Å². The van der Waals surface area contributed by atoms with Crippen LogP contribution in [-0.4, -0.2) is 28.7 Å². The van der Waals surface area contributed by atoms with Crippen molar-refractivity contribution in [3.63, 3.8) is 0 Å². The molecule has 21 heavy (non-hydrogen) atoms. The van der Waals surface area contributed by atoms with Crippen LogP contribution in [0, 0.1) is 23.0 Å². The Hall–Kier alpha value is -2.52. The highest BCUT2D eigenvalue weighted by Gasteiger charge is 2.43. The Morgan fingerprint density at radius 3 is 2.62 bits per heavy atom. The highest BCUT2D eigenvalue weighted by atomic mass is 19.4. The van der Waals surface area contributed by atoms with Crippen LogP contribution in [0.25, 0.3) is 0 Å². The van der Waals surface area contributed by atoms with Gasteiger partial charge in [-0.1, -0.05) is 5.16 Å². The van der Waals surface area contributed by atoms with Crippen molar-refractivity contribution in [2.45, 2.75) is 13.1 Å². The lowest BCUT2D eigenvalue weighted by atomic mass is 10.1. The summed E-state index contributed by atoms with van der Waals surface area (Å²) < 4.78 is 43.0. The summed E-state index contributed by atoms with van der Waals surface area (Å²) in [4.78, 5) is 9.91. The van der Waals surface area contributed by atoms with Crippen LogP contribution < -0.4 is 10.5 Å². The van der Waals surface area contributed by atoms with Gasteiger partial charge in [0.2, 0.25) is 0 Å². The third-order valence-corrected chi connectivity index (χ3v) is 2.64. The number of aryl methyl sites for hydroxylation is 1. The number of nitro benzene ring substituents is 1. The predicted molar refractivity (Wildman–Crippen MR) is 66.3 cm³/mol. The predicted octanol–water partition coefficient (Wildman–Crippen LogP) is 2.21. The van der Waals surface area contributed by atoms with E-state index < -0.39 is 29.5 Å². The largest absolute Gasteiger partial charge is 0.492 e. The van der Waals surface area contributed by atoms with Crippen LogP contribution in [0.2, 0.25) is 0 Å². The van der Waals surface area contributed by atoms with E-state index >= 15 is 0 Å². The van der Waals surface area contributed by atoms with E-state index in [9.17, 15) is 23.3 Å². The van der Waals surface area contributed by atoms with E-state index in [1.54, 1.807) is 0 Å². The maximum atomic E-state index is 12.7. The number of nitrogens with two attached hydrogens (primary N) is 1. The Kier molecular flexibility index (Phi) is 4.95. The Morgan fingerprint density at radius 1 is 1.57 bits per heavy atom. The second-order valence-corrected chi connectivity index (χ2v) is 4.14. The molecule has 0 heterocycles. The summed E-state index contributed by atoms with van der Waals surface area (Å²) >= 11 is 0. The van der Waals surface area contributed by atoms with Crippen LogP contribution in [0.3, 0.4) is 0 Å². The fourth-order valence-electron chi connectivity index (χ4n) is 1.50. The van der Waals surface area contributed by atoms with Gasteiger partial charge in [-0.2, -0.15) is 13.2 Å². The molecule has 1 aromatic rings. The van der Waals surface area contributed by atoms with E-state index in [0.29, 0.717) is 5.56 Å². The third-order valence-electron chi connectivity index (χ3n) is 2.64. The van der Waals surface area contributed by atoms with Crippen LogP contribution >= 0.6 is 0 Å². The normalized spacial score (nSPS) is 13.8. The number of ether oxygens (including phenoxy) is 1. The van der Waals surface area contributed by atoms with Crippen molar-refractivity contribution in [3.8, 4) is 5.75 Å². The molecule has 0 radical (unpaired) electrons. The first-order chi connectivity index (χ1) is 9.66. The summed E-state index contributed by atoms with van der Waals surface area (Å²) in [5.41, 5.74) is 5.07. The van der Waals surface area contributed by atoms with Crippen molar-refractivity contribution in [2.24, 2.45) is 16.8 Å². The smallest absolute Gasteiger partial charge is 0.402 e. The number of benzene rings is 1. The molecule has 10 heteroatoms. The first-order valence-electron chi connectivity index (χ1n) is 5.58. The minimum Gasteiger partial charge on any atom is -0.492 e. The second kappa shape index (κ2) is 6.29. The summed E-state index contributed by atoms with van der Waals surface area (Å²) in [7, 11) is 0. The van der Waals surface area contributed by atoms with Gasteiger partial charge < -0.3 is 15.7 Å². The van der Waals surface area contributed by atoms with Crippen molar-refractivity contribution < 1.29 is 28.0 Å². The van der Waals surface area contributed by atoms with Gasteiger partial charge in [0.1, 0.15) is 18.3 Å². The first-order valence-corrected chi connectivity index (χ1v) is 5.58. The Morgan fingerprint density at radius 2 is 2.19 bits per heavy atom. The zero-order valence-corrected chi connectivity index (χ0v) is 10.8. The van der Waals surface area contributed by atoms with Crippen molar-refractivity contribution in [2.75, 3.05) is 6.61 Å². The molecule has 0 aliphatic heterocycles. The van der Waals surface area contributed by atoms with Gasteiger partial charge >= 0.3 is 6.18 Å². The zero-order valence-electron chi connectivity index (χ0n) is 10.8. The minimum atomic E-state index is -4.75. The number of hydrogen-bond acceptors (Lipinski definition) is 5. The van der Waals surface area contributed by atoms with Crippen LogP contribution in [0.1, 0.15) is 5.56 Å². The highest BCUT2D eigenvalue weighted by Crippen LogP contribution is 2.29. The maximum Gasteiger partial charge on any atom is 0.402 e. The van der Waals surface area contributed by atoms with E-state index in [1.165, 1.54) is 19.1 Å². The molecule has 1 aromatic carbocycles. The van der Waals surface area contributed by atoms with E-state index in [0.717, 1.165) is 6.07 Å². The standard InChI is InChI=1S/C11H12F3N3O4/c1-6-4-7(17(19)20)2-3-9(6)21-5-8(10(15)16-18)11(12,13)14/h2-4,8,18H,5H2,1H3,(H2,15,16). The Bertz CT molecular complexity index is 560. The molecule has 0 aromatic heterocycles. The summed E-state index contributed by atoms with van der Waals surface area (Å²) in [5, 5.41) is 21.2. The zero-order chi connectivity index (χ0) is 16.2. The molecule has 1 rings (SSSR count). The van der Waals surface area contributed by atoms with Gasteiger partial charge in [-0.05, 0) is 18.6 Å². The fourth-order valence-corrected chi connectivity index (χ4v) is 1.50. The molecule has 0 aliphatic carbocycles. The molecule has 0 amide bonds. The van der Waals surface area contributed by atoms with Crippen molar-refractivity contribution in [3.05, 3.63) is 33.9 Å². The molecule has 7 nitrogen and oxygen atoms in total. The van der Waals surface area contributed by atoms with Gasteiger partial charge in [0.25, 0.3) is 5.69 Å². The fraction of sp³-hybridized carbons (Fsp3) is 0.364. The minimum absolute atomic E-state index is 0.0422. The molecule has 0 bridgehead atoms. The Labute approximate surface area is 117 Å². The molecule has 116 valence electrons. The molecular weight excluding hydrogens is 295 g/mol. The molecule has 0 spiro atoms. The highest BCUT2D eigenvalue weighted by molar-refractivity contribution is 5.83. The second-order valence-electron chi connectivity index (χ2n) is 4.14. The molecule has 0 saturated carbocycles. The van der Waals surface area contributed by atoms with Gasteiger partial charge in [0.05, 0.1) is 4.92 Å². The number of hydrogen-bond donors (Lipinski definition) is 2. The summed E-state index contributed by atoms with van der Waals surface area (Å²) in [6, 6.07) is 3.46. The number of alkyl halides is 3. The number of rotatable bonds is 5. The number of nitro groups is 1. The van der Waals surface area contributed by atoms with Crippen LogP contribution in [0.4, 0.5) is 18.9 Å². The third kappa shape index (κ3) is 4.23. The van der Waals surface area contributed by atoms with Crippen molar-refractivity contribution >= 4 is 11.5 Å². The van der Waals surface area contributed by atoms with Gasteiger partial charge in [0.15, 0.2) is 5.84 Å². The quantitative estimate of drug-likeness (QED) is 0.285. The molecule has 0 saturated heterocycles. The van der Waals surface area contributed by atoms with Crippen LogP contribution in [-0.2, 0) is 0 Å². The molecular formula is C11H12F3N3O4. The first kappa shape index (κ1) is 16.5. The lowest BCUT2D eigenvalue weighted by molar-refractivity contribution is -0.384. The van der Waals surface area contributed by atoms with E-state index in [-0.39, 0.29) is 11.4 Å². The number of nitrogens with zero attached hydrogens (tertiary/aromatic N) is 2. The molecule has 3 N–H and O–H groups in total. The number of amidine groups is 1. The van der Waals surface area contributed by atoms with E-state index in [1.807, 2.05) is 0 Å². The summed E-state index contributed by atoms with van der Waals surface area (Å²) in [6.07, 6.45) is -4.75. The monoisotopic (exact) mass is 307 g/mol. The Balaban J connectivity index is 2.89. The van der Waals surface area contributed by atoms with Crippen LogP contribution in [0.5, 0.6) is 5.75 Å². The van der Waals surface area contributed by atoms with Gasteiger partial charge in [-0.3, -0.25) is 10.1 Å². The number of halogens is 3. The van der Waals surface area contributed by atoms with Gasteiger partial charge in [-0.15, -0.1) is 0 Å². The SMILES string of the molecule is Cc1cc([N+](=O)[O-])ccc1OCC(/C(N)=N/O)C(F)(F)F. The number of non-ortho nitro benzene ring substituents is 1. The van der Waals surface area contributed by atoms with Crippen molar-refractivity contribution in [1.82, 2.24) is 0 Å². The molecule has 0 fully saturated rings. The maximum absolute atomic E-state index is 12.7. The average Bonchev–Trinajstić information content (AvgIpc) is 2.38. The lowest BCUT2D eigenvalue weighted by Gasteiger charge is -2.19. The average molecular weight is 307 g/mol. The number of oxime groups is 1. The lowest BCUT2D eigenvalue weighted by Crippen LogP contribution is -2.40.